The highest BCUT2D eigenvalue weighted by Gasteiger charge is 2.67. The van der Waals surface area contributed by atoms with Crippen molar-refractivity contribution in [3.8, 4) is 0 Å². The molecule has 5 saturated carbocycles. The number of carbonyl (C=O) groups excluding carboxylic acids is 1. The lowest BCUT2D eigenvalue weighted by molar-refractivity contribution is -0.181. The van der Waals surface area contributed by atoms with Gasteiger partial charge in [0.1, 0.15) is 5.78 Å². The average molecular weight is 392 g/mol. The Labute approximate surface area is 171 Å². The molecule has 160 valence electrons. The van der Waals surface area contributed by atoms with Crippen LogP contribution in [-0.4, -0.2) is 53.7 Å². The summed E-state index contributed by atoms with van der Waals surface area (Å²) in [6.45, 7) is 8.35. The van der Waals surface area contributed by atoms with Crippen molar-refractivity contribution in [1.29, 1.82) is 0 Å². The molecule has 28 heavy (non-hydrogen) atoms. The van der Waals surface area contributed by atoms with Gasteiger partial charge in [0, 0.05) is 29.3 Å². The van der Waals surface area contributed by atoms with Gasteiger partial charge in [-0.3, -0.25) is 4.79 Å². The molecule has 1 spiro atoms. The van der Waals surface area contributed by atoms with Crippen molar-refractivity contribution in [2.75, 3.05) is 26.7 Å². The summed E-state index contributed by atoms with van der Waals surface area (Å²) in [5, 5.41) is 21.5. The second kappa shape index (κ2) is 7.06. The molecule has 0 aromatic carbocycles. The van der Waals surface area contributed by atoms with Gasteiger partial charge in [-0.05, 0) is 69.2 Å². The summed E-state index contributed by atoms with van der Waals surface area (Å²) >= 11 is 0. The van der Waals surface area contributed by atoms with Crippen molar-refractivity contribution in [1.82, 2.24) is 4.90 Å². The molecule has 0 amide bonds. The molecule has 5 rings (SSSR count). The first kappa shape index (κ1) is 20.8. The normalized spacial score (nSPS) is 47.5. The van der Waals surface area contributed by atoms with Crippen molar-refractivity contribution in [3.05, 3.63) is 0 Å². The fraction of sp³-hybridized carbons (Fsp3) is 0.958. The maximum Gasteiger partial charge on any atom is 0.145 e. The van der Waals surface area contributed by atoms with E-state index in [9.17, 15) is 15.0 Å². The van der Waals surface area contributed by atoms with Gasteiger partial charge >= 0.3 is 0 Å². The maximum absolute atomic E-state index is 13.7. The molecule has 2 N–H and O–H groups in total. The van der Waals surface area contributed by atoms with Crippen LogP contribution in [0.25, 0.3) is 0 Å². The van der Waals surface area contributed by atoms with Crippen molar-refractivity contribution < 1.29 is 15.0 Å². The first-order chi connectivity index (χ1) is 13.2. The molecule has 0 radical (unpaired) electrons. The highest BCUT2D eigenvalue weighted by molar-refractivity contribution is 5.92. The van der Waals surface area contributed by atoms with Gasteiger partial charge < -0.3 is 15.1 Å². The van der Waals surface area contributed by atoms with Crippen molar-refractivity contribution in [3.63, 3.8) is 0 Å². The number of hydrogen-bond acceptors (Lipinski definition) is 4. The van der Waals surface area contributed by atoms with Crippen LogP contribution in [-0.2, 0) is 4.79 Å². The predicted molar refractivity (Wildman–Crippen MR) is 111 cm³/mol. The Morgan fingerprint density at radius 3 is 2.54 bits per heavy atom. The van der Waals surface area contributed by atoms with E-state index < -0.39 is 6.10 Å². The molecule has 7 atom stereocenters. The van der Waals surface area contributed by atoms with E-state index in [2.05, 4.69) is 32.7 Å². The van der Waals surface area contributed by atoms with E-state index in [1.807, 2.05) is 0 Å². The Kier molecular flexibility index (Phi) is 5.25. The van der Waals surface area contributed by atoms with Gasteiger partial charge in [0.2, 0.25) is 0 Å². The zero-order chi connectivity index (χ0) is 20.3. The Morgan fingerprint density at radius 2 is 1.82 bits per heavy atom. The Balaban J connectivity index is 1.75. The topological polar surface area (TPSA) is 60.8 Å². The minimum absolute atomic E-state index is 0.127. The summed E-state index contributed by atoms with van der Waals surface area (Å²) in [4.78, 5) is 15.9. The van der Waals surface area contributed by atoms with Crippen LogP contribution >= 0.6 is 0 Å². The molecule has 4 heteroatoms. The lowest BCUT2D eigenvalue weighted by Crippen LogP contribution is -2.63. The van der Waals surface area contributed by atoms with Crippen LogP contribution in [0.15, 0.2) is 0 Å². The number of hydrogen-bond donors (Lipinski definition) is 2. The van der Waals surface area contributed by atoms with Gasteiger partial charge in [-0.25, -0.2) is 0 Å². The van der Waals surface area contributed by atoms with Crippen molar-refractivity contribution in [2.24, 2.45) is 39.9 Å². The van der Waals surface area contributed by atoms with E-state index in [1.54, 1.807) is 0 Å². The SMILES string of the molecule is CC1CCCC2(CN(C)CCO)C(O)C3CC4CCC3(CCC12)C(=O)C4(C)C. The molecular formula is C24H41NO3. The van der Waals surface area contributed by atoms with Gasteiger partial charge in [0.05, 0.1) is 12.7 Å². The average Bonchev–Trinajstić information content (AvgIpc) is 2.75. The number of fused-ring (bicyclic) bond motifs is 3. The van der Waals surface area contributed by atoms with Crippen LogP contribution in [0.1, 0.15) is 72.1 Å². The Morgan fingerprint density at radius 1 is 1.11 bits per heavy atom. The van der Waals surface area contributed by atoms with E-state index in [4.69, 9.17) is 0 Å². The zero-order valence-electron chi connectivity index (χ0n) is 18.4. The number of Topliss-reactive ketones (excluding diaryl/α,β-unsaturated/α-hetero) is 1. The van der Waals surface area contributed by atoms with E-state index in [-0.39, 0.29) is 28.8 Å². The molecule has 5 aliphatic carbocycles. The molecule has 4 nitrogen and oxygen atoms in total. The van der Waals surface area contributed by atoms with Crippen LogP contribution in [0, 0.1) is 39.9 Å². The van der Waals surface area contributed by atoms with E-state index >= 15 is 0 Å². The second-order valence-corrected chi connectivity index (χ2v) is 11.4. The molecule has 5 aliphatic rings. The zero-order valence-corrected chi connectivity index (χ0v) is 18.4. The minimum Gasteiger partial charge on any atom is -0.395 e. The highest BCUT2D eigenvalue weighted by atomic mass is 16.3. The Hall–Kier alpha value is -0.450. The number of carbonyl (C=O) groups is 1. The number of aliphatic hydroxyl groups excluding tert-OH is 2. The van der Waals surface area contributed by atoms with Crippen LogP contribution < -0.4 is 0 Å². The summed E-state index contributed by atoms with van der Waals surface area (Å²) in [5.74, 6) is 2.09. The third-order valence-electron chi connectivity index (χ3n) is 9.89. The van der Waals surface area contributed by atoms with Crippen molar-refractivity contribution in [2.45, 2.75) is 78.2 Å². The molecule has 0 saturated heterocycles. The summed E-state index contributed by atoms with van der Waals surface area (Å²) in [5.41, 5.74) is -0.647. The maximum atomic E-state index is 13.7. The minimum atomic E-state index is -0.397. The first-order valence-electron chi connectivity index (χ1n) is 11.7. The predicted octanol–water partition coefficient (Wildman–Crippen LogP) is 3.50. The van der Waals surface area contributed by atoms with E-state index in [0.29, 0.717) is 30.1 Å². The molecule has 0 heterocycles. The molecule has 7 unspecified atom stereocenters. The van der Waals surface area contributed by atoms with Crippen LogP contribution in [0.2, 0.25) is 0 Å². The Bertz CT molecular complexity index is 619. The van der Waals surface area contributed by atoms with Gasteiger partial charge in [-0.15, -0.1) is 0 Å². The smallest absolute Gasteiger partial charge is 0.145 e. The third-order valence-corrected chi connectivity index (χ3v) is 9.89. The summed E-state index contributed by atoms with van der Waals surface area (Å²) in [7, 11) is 2.08. The lowest BCUT2D eigenvalue weighted by Gasteiger charge is -2.60. The van der Waals surface area contributed by atoms with E-state index in [1.165, 1.54) is 12.8 Å². The van der Waals surface area contributed by atoms with Crippen LogP contribution in [0.3, 0.4) is 0 Å². The highest BCUT2D eigenvalue weighted by Crippen LogP contribution is 2.67. The van der Waals surface area contributed by atoms with Gasteiger partial charge in [0.15, 0.2) is 0 Å². The summed E-state index contributed by atoms with van der Waals surface area (Å²) < 4.78 is 0. The second-order valence-electron chi connectivity index (χ2n) is 11.4. The molecule has 5 fully saturated rings. The van der Waals surface area contributed by atoms with Gasteiger partial charge in [0.25, 0.3) is 0 Å². The molecule has 0 aliphatic heterocycles. The van der Waals surface area contributed by atoms with Gasteiger partial charge in [-0.2, -0.15) is 0 Å². The number of likely N-dealkylation sites (N-methyl/N-ethyl adjacent to an activating group) is 1. The number of nitrogens with zero attached hydrogens (tertiary/aromatic N) is 1. The van der Waals surface area contributed by atoms with Crippen LogP contribution in [0.5, 0.6) is 0 Å². The third kappa shape index (κ3) is 2.77. The summed E-state index contributed by atoms with van der Waals surface area (Å²) in [6.07, 6.45) is 8.29. The lowest BCUT2D eigenvalue weighted by atomic mass is 9.44. The number of ketones is 1. The fourth-order valence-electron chi connectivity index (χ4n) is 8.39. The fourth-order valence-corrected chi connectivity index (χ4v) is 8.39. The molecule has 0 aromatic rings. The number of rotatable bonds is 4. The molecule has 2 bridgehead atoms. The standard InChI is InChI=1S/C24H41NO3/c1-16-6-5-9-24(15-25(4)12-13-26)18(16)8-11-23-10-7-17(14-19(23)20(24)27)22(2,3)21(23)28/h16-20,26-27H,5-15H2,1-4H3. The molecular weight excluding hydrogens is 350 g/mol. The quantitative estimate of drug-likeness (QED) is 0.770. The monoisotopic (exact) mass is 391 g/mol. The van der Waals surface area contributed by atoms with Crippen molar-refractivity contribution >= 4 is 5.78 Å². The van der Waals surface area contributed by atoms with Crippen LogP contribution in [0.4, 0.5) is 0 Å². The van der Waals surface area contributed by atoms with Gasteiger partial charge in [-0.1, -0.05) is 33.6 Å². The van der Waals surface area contributed by atoms with E-state index in [0.717, 1.165) is 45.1 Å². The number of aliphatic hydroxyl groups is 2. The summed E-state index contributed by atoms with van der Waals surface area (Å²) in [6, 6.07) is 0. The molecule has 0 aromatic heterocycles. The largest absolute Gasteiger partial charge is 0.395 e. The first-order valence-corrected chi connectivity index (χ1v) is 11.7.